The third-order valence-corrected chi connectivity index (χ3v) is 10.5. The zero-order chi connectivity index (χ0) is 31.6. The highest BCUT2D eigenvalue weighted by atomic mass is 32.1. The Morgan fingerprint density at radius 2 is 1.10 bits per heavy atom. The van der Waals surface area contributed by atoms with Crippen molar-refractivity contribution in [3.05, 3.63) is 152 Å². The molecule has 0 aliphatic heterocycles. The van der Waals surface area contributed by atoms with Gasteiger partial charge in [-0.1, -0.05) is 97.1 Å². The van der Waals surface area contributed by atoms with Gasteiger partial charge in [0.25, 0.3) is 0 Å². The van der Waals surface area contributed by atoms with Gasteiger partial charge in [-0.3, -0.25) is 4.98 Å². The molecule has 0 unspecified atom stereocenters. The van der Waals surface area contributed by atoms with Crippen LogP contribution in [0.5, 0.6) is 0 Å². The van der Waals surface area contributed by atoms with E-state index in [4.69, 9.17) is 19.4 Å². The highest BCUT2D eigenvalue weighted by Gasteiger charge is 2.15. The summed E-state index contributed by atoms with van der Waals surface area (Å²) in [6.07, 6.45) is 5.78. The van der Waals surface area contributed by atoms with Gasteiger partial charge in [0, 0.05) is 66.2 Å². The molecule has 0 aliphatic carbocycles. The predicted octanol–water partition coefficient (Wildman–Crippen LogP) is 12.0. The molecule has 0 fully saturated rings. The Labute approximate surface area is 279 Å². The molecule has 10 rings (SSSR count). The fourth-order valence-electron chi connectivity index (χ4n) is 6.82. The monoisotopic (exact) mass is 631 g/mol. The lowest BCUT2D eigenvalue weighted by Crippen LogP contribution is -1.90. The Hall–Kier alpha value is -6.17. The number of pyridine rings is 1. The minimum atomic E-state index is 0.647. The Morgan fingerprint density at radius 1 is 0.458 bits per heavy atom. The lowest BCUT2D eigenvalue weighted by Gasteiger charge is -2.08. The number of rotatable bonds is 4. The third-order valence-electron chi connectivity index (χ3n) is 9.25. The number of benzene rings is 6. The van der Waals surface area contributed by atoms with Crippen molar-refractivity contribution in [2.24, 2.45) is 0 Å². The van der Waals surface area contributed by atoms with Gasteiger partial charge in [-0.05, 0) is 58.3 Å². The average Bonchev–Trinajstić information content (AvgIpc) is 3.73. The second-order valence-corrected chi connectivity index (χ2v) is 13.1. The second-order valence-electron chi connectivity index (χ2n) is 12.1. The van der Waals surface area contributed by atoms with E-state index < -0.39 is 0 Å². The number of nitrogens with zero attached hydrogens (tertiary/aromatic N) is 3. The molecular formula is C43H25N3OS. The topological polar surface area (TPSA) is 51.8 Å². The molecule has 48 heavy (non-hydrogen) atoms. The van der Waals surface area contributed by atoms with Crippen LogP contribution in [0, 0.1) is 0 Å². The largest absolute Gasteiger partial charge is 0.455 e. The number of para-hydroxylation sites is 2. The van der Waals surface area contributed by atoms with Crippen LogP contribution in [0.3, 0.4) is 0 Å². The fraction of sp³-hybridized carbons (Fsp3) is 0. The van der Waals surface area contributed by atoms with Gasteiger partial charge in [0.1, 0.15) is 11.2 Å². The van der Waals surface area contributed by atoms with Gasteiger partial charge in [-0.25, -0.2) is 9.97 Å². The number of furan rings is 1. The molecule has 5 heteroatoms. The third kappa shape index (κ3) is 4.33. The molecule has 0 atom stereocenters. The first-order valence-corrected chi connectivity index (χ1v) is 16.7. The van der Waals surface area contributed by atoms with E-state index in [0.717, 1.165) is 60.8 Å². The molecule has 10 aromatic rings. The number of hydrogen-bond donors (Lipinski definition) is 0. The number of thiophene rings is 1. The molecule has 0 N–H and O–H groups in total. The maximum atomic E-state index is 6.21. The van der Waals surface area contributed by atoms with Crippen LogP contribution in [0.4, 0.5) is 0 Å². The Morgan fingerprint density at radius 3 is 1.90 bits per heavy atom. The fourth-order valence-corrected chi connectivity index (χ4v) is 8.04. The van der Waals surface area contributed by atoms with Crippen LogP contribution in [-0.4, -0.2) is 15.0 Å². The lowest BCUT2D eigenvalue weighted by molar-refractivity contribution is 0.669. The molecule has 0 saturated carbocycles. The SMILES string of the molecule is c1ccc2c(c1)oc1c(-c3ncc(-c4ccc5cc(-c6ccc(-c7cccc8c7sc7ccccc78)nc6)ccc5c4)cn3)cccc12. The van der Waals surface area contributed by atoms with Crippen LogP contribution in [0.15, 0.2) is 156 Å². The quantitative estimate of drug-likeness (QED) is 0.194. The van der Waals surface area contributed by atoms with Crippen molar-refractivity contribution in [3.8, 4) is 44.9 Å². The Balaban J connectivity index is 0.935. The summed E-state index contributed by atoms with van der Waals surface area (Å²) in [5.41, 5.74) is 9.01. The summed E-state index contributed by atoms with van der Waals surface area (Å²) in [7, 11) is 0. The second kappa shape index (κ2) is 10.7. The predicted molar refractivity (Wildman–Crippen MR) is 199 cm³/mol. The summed E-state index contributed by atoms with van der Waals surface area (Å²) in [5.74, 6) is 0.647. The molecule has 0 aliphatic rings. The van der Waals surface area contributed by atoms with E-state index in [0.29, 0.717) is 5.82 Å². The summed E-state index contributed by atoms with van der Waals surface area (Å²) in [4.78, 5) is 14.4. The van der Waals surface area contributed by atoms with Crippen LogP contribution in [0.1, 0.15) is 0 Å². The van der Waals surface area contributed by atoms with Crippen molar-refractivity contribution in [2.75, 3.05) is 0 Å². The van der Waals surface area contributed by atoms with E-state index in [1.165, 1.54) is 31.1 Å². The lowest BCUT2D eigenvalue weighted by atomic mass is 9.99. The van der Waals surface area contributed by atoms with Crippen LogP contribution >= 0.6 is 11.3 Å². The molecule has 4 nitrogen and oxygen atoms in total. The van der Waals surface area contributed by atoms with Crippen LogP contribution in [0.2, 0.25) is 0 Å². The van der Waals surface area contributed by atoms with E-state index in [1.807, 2.05) is 60.3 Å². The molecule has 6 aromatic carbocycles. The number of aromatic nitrogens is 3. The molecular weight excluding hydrogens is 607 g/mol. The summed E-state index contributed by atoms with van der Waals surface area (Å²) < 4.78 is 8.80. The number of fused-ring (bicyclic) bond motifs is 7. The van der Waals surface area contributed by atoms with Crippen molar-refractivity contribution in [1.29, 1.82) is 0 Å². The summed E-state index contributed by atoms with van der Waals surface area (Å²) >= 11 is 1.83. The Kier molecular flexibility index (Phi) is 6.01. The van der Waals surface area contributed by atoms with Gasteiger partial charge in [0.05, 0.1) is 11.3 Å². The van der Waals surface area contributed by atoms with Gasteiger partial charge < -0.3 is 4.42 Å². The standard InChI is InChI=1S/C43H25N3OS/c1-3-13-39-32(7-1)34-9-5-12-37(41(34)47-39)43-45-24-31(25-46-43)29-18-16-26-21-28(17-15-27(26)22-29)30-19-20-38(44-23-30)36-11-6-10-35-33-8-2-4-14-40(33)48-42(35)36/h1-25H. The van der Waals surface area contributed by atoms with Gasteiger partial charge in [0.2, 0.25) is 0 Å². The molecule has 0 amide bonds. The summed E-state index contributed by atoms with van der Waals surface area (Å²) in [6, 6.07) is 46.7. The van der Waals surface area contributed by atoms with E-state index >= 15 is 0 Å². The molecule has 4 heterocycles. The molecule has 224 valence electrons. The van der Waals surface area contributed by atoms with E-state index in [2.05, 4.69) is 103 Å². The van der Waals surface area contributed by atoms with Crippen molar-refractivity contribution < 1.29 is 4.42 Å². The minimum absolute atomic E-state index is 0.647. The first kappa shape index (κ1) is 27.0. The van der Waals surface area contributed by atoms with Gasteiger partial charge in [-0.2, -0.15) is 0 Å². The first-order valence-electron chi connectivity index (χ1n) is 15.9. The first-order chi connectivity index (χ1) is 23.8. The van der Waals surface area contributed by atoms with Gasteiger partial charge in [-0.15, -0.1) is 11.3 Å². The Bertz CT molecular complexity index is 2630. The van der Waals surface area contributed by atoms with Crippen molar-refractivity contribution >= 4 is 64.2 Å². The van der Waals surface area contributed by atoms with Crippen LogP contribution in [0.25, 0.3) is 97.8 Å². The van der Waals surface area contributed by atoms with E-state index in [9.17, 15) is 0 Å². The van der Waals surface area contributed by atoms with Crippen molar-refractivity contribution in [3.63, 3.8) is 0 Å². The number of hydrogen-bond acceptors (Lipinski definition) is 5. The van der Waals surface area contributed by atoms with Crippen LogP contribution < -0.4 is 0 Å². The van der Waals surface area contributed by atoms with Gasteiger partial charge in [0.15, 0.2) is 5.82 Å². The highest BCUT2D eigenvalue weighted by molar-refractivity contribution is 7.26. The zero-order valence-corrected chi connectivity index (χ0v) is 26.4. The maximum absolute atomic E-state index is 6.21. The highest BCUT2D eigenvalue weighted by Crippen LogP contribution is 2.40. The molecule has 0 saturated heterocycles. The van der Waals surface area contributed by atoms with Crippen molar-refractivity contribution in [2.45, 2.75) is 0 Å². The van der Waals surface area contributed by atoms with E-state index in [1.54, 1.807) is 0 Å². The zero-order valence-electron chi connectivity index (χ0n) is 25.6. The summed E-state index contributed by atoms with van der Waals surface area (Å²) in [5, 5.41) is 7.09. The van der Waals surface area contributed by atoms with Crippen molar-refractivity contribution in [1.82, 2.24) is 15.0 Å². The maximum Gasteiger partial charge on any atom is 0.162 e. The van der Waals surface area contributed by atoms with Gasteiger partial charge >= 0.3 is 0 Å². The smallest absolute Gasteiger partial charge is 0.162 e. The minimum Gasteiger partial charge on any atom is -0.455 e. The molecule has 0 bridgehead atoms. The molecule has 4 aromatic heterocycles. The van der Waals surface area contributed by atoms with Crippen LogP contribution in [-0.2, 0) is 0 Å². The average molecular weight is 632 g/mol. The van der Waals surface area contributed by atoms with E-state index in [-0.39, 0.29) is 0 Å². The summed E-state index contributed by atoms with van der Waals surface area (Å²) in [6.45, 7) is 0. The normalized spacial score (nSPS) is 11.8. The molecule has 0 radical (unpaired) electrons. The molecule has 0 spiro atoms.